The Kier molecular flexibility index (Phi) is 5.51. The second-order valence-electron chi connectivity index (χ2n) is 3.61. The number of rotatable bonds is 6. The normalized spacial score (nSPS) is 10.3. The van der Waals surface area contributed by atoms with Gasteiger partial charge < -0.3 is 4.90 Å². The van der Waals surface area contributed by atoms with Crippen LogP contribution in [0.1, 0.15) is 5.56 Å². The highest BCUT2D eigenvalue weighted by Crippen LogP contribution is 2.29. The van der Waals surface area contributed by atoms with Gasteiger partial charge in [0, 0.05) is 30.9 Å². The summed E-state index contributed by atoms with van der Waals surface area (Å²) in [5.41, 5.74) is 1.53. The number of aryl methyl sites for hydroxylation is 1. The molecule has 1 aromatic carbocycles. The van der Waals surface area contributed by atoms with E-state index in [1.165, 1.54) is 0 Å². The Balaban J connectivity index is 3.12. The van der Waals surface area contributed by atoms with Crippen molar-refractivity contribution in [1.82, 2.24) is 0 Å². The van der Waals surface area contributed by atoms with Gasteiger partial charge in [0.2, 0.25) is 0 Å². The van der Waals surface area contributed by atoms with Crippen molar-refractivity contribution in [2.75, 3.05) is 29.7 Å². The van der Waals surface area contributed by atoms with Crippen molar-refractivity contribution in [3.63, 3.8) is 0 Å². The maximum atomic E-state index is 11.0. The fourth-order valence-corrected chi connectivity index (χ4v) is 2.01. The van der Waals surface area contributed by atoms with Gasteiger partial charge in [-0.25, -0.2) is 0 Å². The zero-order chi connectivity index (χ0) is 12.8. The van der Waals surface area contributed by atoms with Gasteiger partial charge in [0.15, 0.2) is 0 Å². The van der Waals surface area contributed by atoms with Crippen molar-refractivity contribution in [3.8, 4) is 0 Å². The Morgan fingerprint density at radius 2 is 1.88 bits per heavy atom. The van der Waals surface area contributed by atoms with E-state index < -0.39 is 0 Å². The summed E-state index contributed by atoms with van der Waals surface area (Å²) in [6, 6.07) is 5.15. The molecule has 0 aliphatic heterocycles. The molecule has 6 heteroatoms. The molecule has 0 unspecified atom stereocenters. The third-order valence-electron chi connectivity index (χ3n) is 2.38. The summed E-state index contributed by atoms with van der Waals surface area (Å²) in [6.07, 6.45) is 0. The SMILES string of the molecule is Cc1ccc(N(CCCl)CCCl)c([N+](=O)[O-])c1. The standard InChI is InChI=1S/C11H14Cl2N2O2/c1-9-2-3-10(11(8-9)15(16)17)14(6-4-12)7-5-13/h2-3,8H,4-7H2,1H3. The zero-order valence-electron chi connectivity index (χ0n) is 9.53. The first kappa shape index (κ1) is 14.1. The lowest BCUT2D eigenvalue weighted by Gasteiger charge is -2.22. The molecule has 0 heterocycles. The Bertz CT molecular complexity index is 393. The molecule has 17 heavy (non-hydrogen) atoms. The highest BCUT2D eigenvalue weighted by atomic mass is 35.5. The van der Waals surface area contributed by atoms with E-state index in [2.05, 4.69) is 0 Å². The predicted molar refractivity (Wildman–Crippen MR) is 71.5 cm³/mol. The van der Waals surface area contributed by atoms with Gasteiger partial charge in [0.1, 0.15) is 5.69 Å². The lowest BCUT2D eigenvalue weighted by Crippen LogP contribution is -2.28. The van der Waals surface area contributed by atoms with Crippen LogP contribution in [0.5, 0.6) is 0 Å². The minimum absolute atomic E-state index is 0.0974. The molecule has 94 valence electrons. The van der Waals surface area contributed by atoms with Gasteiger partial charge >= 0.3 is 0 Å². The molecule has 0 radical (unpaired) electrons. The molecule has 1 rings (SSSR count). The number of anilines is 1. The third kappa shape index (κ3) is 3.75. The van der Waals surface area contributed by atoms with Crippen LogP contribution in [0.15, 0.2) is 18.2 Å². The summed E-state index contributed by atoms with van der Waals surface area (Å²) < 4.78 is 0. The summed E-state index contributed by atoms with van der Waals surface area (Å²) in [5.74, 6) is 0.809. The molecule has 0 aromatic heterocycles. The maximum absolute atomic E-state index is 11.0. The molecular formula is C11H14Cl2N2O2. The number of benzene rings is 1. The van der Waals surface area contributed by atoms with E-state index in [9.17, 15) is 10.1 Å². The van der Waals surface area contributed by atoms with Crippen LogP contribution < -0.4 is 4.90 Å². The number of nitro benzene ring substituents is 1. The van der Waals surface area contributed by atoms with Crippen molar-refractivity contribution in [2.24, 2.45) is 0 Å². The Hall–Kier alpha value is -1.00. The van der Waals surface area contributed by atoms with Gasteiger partial charge in [0.05, 0.1) is 4.92 Å². The van der Waals surface area contributed by atoms with E-state index >= 15 is 0 Å². The molecule has 4 nitrogen and oxygen atoms in total. The van der Waals surface area contributed by atoms with Crippen LogP contribution in [0, 0.1) is 17.0 Å². The Morgan fingerprint density at radius 1 is 1.29 bits per heavy atom. The van der Waals surface area contributed by atoms with E-state index in [0.29, 0.717) is 30.5 Å². The number of hydrogen-bond donors (Lipinski definition) is 0. The molecule has 0 aliphatic rings. The van der Waals surface area contributed by atoms with Gasteiger partial charge in [-0.05, 0) is 18.6 Å². The lowest BCUT2D eigenvalue weighted by molar-refractivity contribution is -0.384. The van der Waals surface area contributed by atoms with Crippen LogP contribution in [0.4, 0.5) is 11.4 Å². The molecule has 0 amide bonds. The summed E-state index contributed by atoms with van der Waals surface area (Å²) >= 11 is 11.4. The average molecular weight is 277 g/mol. The van der Waals surface area contributed by atoms with E-state index in [1.54, 1.807) is 12.1 Å². The van der Waals surface area contributed by atoms with E-state index in [4.69, 9.17) is 23.2 Å². The number of nitro groups is 1. The highest BCUT2D eigenvalue weighted by molar-refractivity contribution is 6.18. The molecule has 0 spiro atoms. The zero-order valence-corrected chi connectivity index (χ0v) is 11.0. The number of nitrogens with zero attached hydrogens (tertiary/aromatic N) is 2. The first-order valence-corrected chi connectivity index (χ1v) is 6.29. The second-order valence-corrected chi connectivity index (χ2v) is 4.37. The minimum atomic E-state index is -0.377. The number of hydrogen-bond acceptors (Lipinski definition) is 3. The first-order chi connectivity index (χ1) is 8.10. The van der Waals surface area contributed by atoms with Crippen molar-refractivity contribution in [3.05, 3.63) is 33.9 Å². The highest BCUT2D eigenvalue weighted by Gasteiger charge is 2.18. The van der Waals surface area contributed by atoms with E-state index in [0.717, 1.165) is 5.56 Å². The largest absolute Gasteiger partial charge is 0.364 e. The fourth-order valence-electron chi connectivity index (χ4n) is 1.60. The van der Waals surface area contributed by atoms with Gasteiger partial charge in [-0.2, -0.15) is 0 Å². The Labute approximate surface area is 110 Å². The van der Waals surface area contributed by atoms with Crippen molar-refractivity contribution in [2.45, 2.75) is 6.92 Å². The number of halogens is 2. The topological polar surface area (TPSA) is 46.4 Å². The smallest absolute Gasteiger partial charge is 0.292 e. The number of alkyl halides is 2. The molecule has 0 fully saturated rings. The summed E-state index contributed by atoms with van der Waals surface area (Å²) in [6.45, 7) is 2.90. The maximum Gasteiger partial charge on any atom is 0.292 e. The third-order valence-corrected chi connectivity index (χ3v) is 2.72. The molecule has 0 saturated heterocycles. The molecule has 0 aliphatic carbocycles. The second kappa shape index (κ2) is 6.67. The quantitative estimate of drug-likeness (QED) is 0.455. The lowest BCUT2D eigenvalue weighted by atomic mass is 10.2. The molecule has 0 saturated carbocycles. The Morgan fingerprint density at radius 3 is 2.35 bits per heavy atom. The van der Waals surface area contributed by atoms with E-state index in [1.807, 2.05) is 17.9 Å². The average Bonchev–Trinajstić information content (AvgIpc) is 2.28. The van der Waals surface area contributed by atoms with Gasteiger partial charge in [-0.1, -0.05) is 6.07 Å². The molecule has 0 atom stereocenters. The van der Waals surface area contributed by atoms with Gasteiger partial charge in [-0.3, -0.25) is 10.1 Å². The van der Waals surface area contributed by atoms with Crippen LogP contribution in [-0.4, -0.2) is 29.8 Å². The monoisotopic (exact) mass is 276 g/mol. The van der Waals surface area contributed by atoms with Crippen LogP contribution in [0.2, 0.25) is 0 Å². The van der Waals surface area contributed by atoms with Crippen LogP contribution >= 0.6 is 23.2 Å². The van der Waals surface area contributed by atoms with Crippen molar-refractivity contribution < 1.29 is 4.92 Å². The summed E-state index contributed by atoms with van der Waals surface area (Å²) in [7, 11) is 0. The van der Waals surface area contributed by atoms with Gasteiger partial charge in [-0.15, -0.1) is 23.2 Å². The van der Waals surface area contributed by atoms with E-state index in [-0.39, 0.29) is 10.6 Å². The summed E-state index contributed by atoms with van der Waals surface area (Å²) in [4.78, 5) is 12.5. The first-order valence-electron chi connectivity index (χ1n) is 5.22. The van der Waals surface area contributed by atoms with Crippen LogP contribution in [0.25, 0.3) is 0 Å². The molecule has 0 N–H and O–H groups in total. The van der Waals surface area contributed by atoms with Crippen molar-refractivity contribution in [1.29, 1.82) is 0 Å². The summed E-state index contributed by atoms with van der Waals surface area (Å²) in [5, 5.41) is 11.0. The van der Waals surface area contributed by atoms with Crippen LogP contribution in [-0.2, 0) is 0 Å². The van der Waals surface area contributed by atoms with Gasteiger partial charge in [0.25, 0.3) is 5.69 Å². The van der Waals surface area contributed by atoms with Crippen LogP contribution in [0.3, 0.4) is 0 Å². The minimum Gasteiger partial charge on any atom is -0.364 e. The molecule has 0 bridgehead atoms. The fraction of sp³-hybridized carbons (Fsp3) is 0.455. The van der Waals surface area contributed by atoms with Crippen molar-refractivity contribution >= 4 is 34.6 Å². The molecular weight excluding hydrogens is 263 g/mol. The molecule has 1 aromatic rings. The predicted octanol–water partition coefficient (Wildman–Crippen LogP) is 3.19.